The van der Waals surface area contributed by atoms with Crippen molar-refractivity contribution in [3.8, 4) is 0 Å². The third-order valence-electron chi connectivity index (χ3n) is 2.26. The largest absolute Gasteiger partial charge is 0.354 e. The van der Waals surface area contributed by atoms with E-state index >= 15 is 0 Å². The minimum Gasteiger partial charge on any atom is -0.354 e. The Balaban J connectivity index is 2.34. The number of aromatic nitrogens is 4. The van der Waals surface area contributed by atoms with Gasteiger partial charge >= 0.3 is 5.69 Å². The zero-order valence-electron chi connectivity index (χ0n) is 10.5. The molecule has 0 aromatic carbocycles. The SMILES string of the molecule is CCNc1ncc([N+](=O)[O-])c(Nc2ccn(C)n2)n1. The van der Waals surface area contributed by atoms with Gasteiger partial charge in [0.2, 0.25) is 11.8 Å². The second kappa shape index (κ2) is 5.29. The van der Waals surface area contributed by atoms with Crippen molar-refractivity contribution in [1.82, 2.24) is 19.7 Å². The van der Waals surface area contributed by atoms with Gasteiger partial charge in [-0.2, -0.15) is 10.1 Å². The molecule has 2 aromatic rings. The van der Waals surface area contributed by atoms with E-state index in [0.717, 1.165) is 6.20 Å². The first-order valence-corrected chi connectivity index (χ1v) is 5.62. The maximum Gasteiger partial charge on any atom is 0.330 e. The van der Waals surface area contributed by atoms with Crippen LogP contribution in [-0.4, -0.2) is 31.2 Å². The molecule has 19 heavy (non-hydrogen) atoms. The number of aryl methyl sites for hydroxylation is 1. The molecule has 9 nitrogen and oxygen atoms in total. The molecular formula is C10H13N7O2. The molecule has 0 amide bonds. The van der Waals surface area contributed by atoms with Crippen molar-refractivity contribution in [3.63, 3.8) is 0 Å². The van der Waals surface area contributed by atoms with E-state index in [1.54, 1.807) is 24.0 Å². The molecular weight excluding hydrogens is 250 g/mol. The molecule has 100 valence electrons. The maximum absolute atomic E-state index is 10.9. The van der Waals surface area contributed by atoms with E-state index in [1.807, 2.05) is 6.92 Å². The minimum atomic E-state index is -0.541. The molecule has 0 spiro atoms. The number of nitro groups is 1. The average Bonchev–Trinajstić information content (AvgIpc) is 2.75. The summed E-state index contributed by atoms with van der Waals surface area (Å²) in [6, 6.07) is 1.69. The Kier molecular flexibility index (Phi) is 3.55. The molecule has 2 aromatic heterocycles. The predicted molar refractivity (Wildman–Crippen MR) is 69.3 cm³/mol. The fraction of sp³-hybridized carbons (Fsp3) is 0.300. The first-order chi connectivity index (χ1) is 9.10. The Hall–Kier alpha value is -2.71. The molecule has 0 saturated carbocycles. The Labute approximate surface area is 108 Å². The Morgan fingerprint density at radius 2 is 2.32 bits per heavy atom. The van der Waals surface area contributed by atoms with Crippen molar-refractivity contribution in [1.29, 1.82) is 0 Å². The summed E-state index contributed by atoms with van der Waals surface area (Å²) in [6.45, 7) is 2.51. The highest BCUT2D eigenvalue weighted by atomic mass is 16.6. The molecule has 0 atom stereocenters. The van der Waals surface area contributed by atoms with E-state index in [4.69, 9.17) is 0 Å². The summed E-state index contributed by atoms with van der Waals surface area (Å²) >= 11 is 0. The van der Waals surface area contributed by atoms with Crippen molar-refractivity contribution in [2.45, 2.75) is 6.92 Å². The van der Waals surface area contributed by atoms with Crippen LogP contribution >= 0.6 is 0 Å². The lowest BCUT2D eigenvalue weighted by Crippen LogP contribution is -2.07. The zero-order chi connectivity index (χ0) is 13.8. The third-order valence-corrected chi connectivity index (χ3v) is 2.26. The van der Waals surface area contributed by atoms with Crippen molar-refractivity contribution < 1.29 is 4.92 Å². The molecule has 0 fully saturated rings. The van der Waals surface area contributed by atoms with Gasteiger partial charge < -0.3 is 10.6 Å². The van der Waals surface area contributed by atoms with Crippen LogP contribution in [0.5, 0.6) is 0 Å². The lowest BCUT2D eigenvalue weighted by Gasteiger charge is -2.06. The van der Waals surface area contributed by atoms with Gasteiger partial charge in [0.15, 0.2) is 5.82 Å². The lowest BCUT2D eigenvalue weighted by atomic mass is 10.4. The molecule has 0 saturated heterocycles. The summed E-state index contributed by atoms with van der Waals surface area (Å²) in [5.41, 5.74) is -0.202. The van der Waals surface area contributed by atoms with E-state index in [1.165, 1.54) is 0 Å². The van der Waals surface area contributed by atoms with Gasteiger partial charge in [0.25, 0.3) is 0 Å². The topological polar surface area (TPSA) is 111 Å². The van der Waals surface area contributed by atoms with Gasteiger partial charge in [-0.1, -0.05) is 0 Å². The van der Waals surface area contributed by atoms with Crippen molar-refractivity contribution in [2.24, 2.45) is 7.05 Å². The highest BCUT2D eigenvalue weighted by molar-refractivity contribution is 5.63. The van der Waals surface area contributed by atoms with Crippen LogP contribution in [0.1, 0.15) is 6.92 Å². The summed E-state index contributed by atoms with van der Waals surface area (Å²) in [4.78, 5) is 18.3. The second-order valence-corrected chi connectivity index (χ2v) is 3.71. The quantitative estimate of drug-likeness (QED) is 0.617. The van der Waals surface area contributed by atoms with E-state index in [0.29, 0.717) is 18.3 Å². The van der Waals surface area contributed by atoms with Crippen LogP contribution in [0.3, 0.4) is 0 Å². The molecule has 0 bridgehead atoms. The van der Waals surface area contributed by atoms with Crippen LogP contribution in [0.2, 0.25) is 0 Å². The van der Waals surface area contributed by atoms with E-state index in [9.17, 15) is 10.1 Å². The smallest absolute Gasteiger partial charge is 0.330 e. The molecule has 9 heteroatoms. The van der Waals surface area contributed by atoms with Gasteiger partial charge in [0.05, 0.1) is 4.92 Å². The van der Waals surface area contributed by atoms with Crippen LogP contribution in [0, 0.1) is 10.1 Å². The molecule has 0 unspecified atom stereocenters. The average molecular weight is 263 g/mol. The lowest BCUT2D eigenvalue weighted by molar-refractivity contribution is -0.384. The van der Waals surface area contributed by atoms with Gasteiger partial charge in [0, 0.05) is 25.9 Å². The van der Waals surface area contributed by atoms with Gasteiger partial charge in [-0.05, 0) is 6.92 Å². The van der Waals surface area contributed by atoms with Gasteiger partial charge in [-0.3, -0.25) is 14.8 Å². The number of nitrogens with zero attached hydrogens (tertiary/aromatic N) is 5. The fourth-order valence-electron chi connectivity index (χ4n) is 1.45. The number of anilines is 3. The molecule has 0 aliphatic carbocycles. The van der Waals surface area contributed by atoms with Crippen LogP contribution in [-0.2, 0) is 7.05 Å². The summed E-state index contributed by atoms with van der Waals surface area (Å²) in [7, 11) is 1.75. The molecule has 2 N–H and O–H groups in total. The highest BCUT2D eigenvalue weighted by Gasteiger charge is 2.18. The fourth-order valence-corrected chi connectivity index (χ4v) is 1.45. The summed E-state index contributed by atoms with van der Waals surface area (Å²) in [5.74, 6) is 0.910. The molecule has 2 heterocycles. The van der Waals surface area contributed by atoms with Gasteiger partial charge in [-0.25, -0.2) is 4.98 Å². The Bertz CT molecular complexity index is 595. The molecule has 0 aliphatic rings. The van der Waals surface area contributed by atoms with Gasteiger partial charge in [-0.15, -0.1) is 0 Å². The van der Waals surface area contributed by atoms with Crippen molar-refractivity contribution in [2.75, 3.05) is 17.2 Å². The standard InChI is InChI=1S/C10H13N7O2/c1-3-11-10-12-6-7(17(18)19)9(14-10)13-8-4-5-16(2)15-8/h4-6H,3H2,1-2H3,(H2,11,12,13,14,15). The monoisotopic (exact) mass is 263 g/mol. The van der Waals surface area contributed by atoms with Gasteiger partial charge in [0.1, 0.15) is 6.20 Å². The second-order valence-electron chi connectivity index (χ2n) is 3.71. The number of nitrogens with one attached hydrogen (secondary N) is 2. The predicted octanol–water partition coefficient (Wildman–Crippen LogP) is 1.29. The first kappa shape index (κ1) is 12.7. The van der Waals surface area contributed by atoms with Crippen molar-refractivity contribution in [3.05, 3.63) is 28.6 Å². The van der Waals surface area contributed by atoms with E-state index < -0.39 is 4.92 Å². The zero-order valence-corrected chi connectivity index (χ0v) is 10.5. The van der Waals surface area contributed by atoms with E-state index in [-0.39, 0.29) is 11.5 Å². The number of hydrogen-bond acceptors (Lipinski definition) is 7. The van der Waals surface area contributed by atoms with Crippen LogP contribution in [0.4, 0.5) is 23.3 Å². The summed E-state index contributed by atoms with van der Waals surface area (Å²) in [5, 5.41) is 20.7. The minimum absolute atomic E-state index is 0.106. The Morgan fingerprint density at radius 1 is 1.53 bits per heavy atom. The normalized spacial score (nSPS) is 10.2. The highest BCUT2D eigenvalue weighted by Crippen LogP contribution is 2.24. The first-order valence-electron chi connectivity index (χ1n) is 5.62. The summed E-state index contributed by atoms with van der Waals surface area (Å²) in [6.07, 6.45) is 2.89. The molecule has 0 aliphatic heterocycles. The molecule has 2 rings (SSSR count). The number of hydrogen-bond donors (Lipinski definition) is 2. The maximum atomic E-state index is 10.9. The van der Waals surface area contributed by atoms with E-state index in [2.05, 4.69) is 25.7 Å². The summed E-state index contributed by atoms with van der Waals surface area (Å²) < 4.78 is 1.58. The number of rotatable bonds is 5. The Morgan fingerprint density at radius 3 is 2.89 bits per heavy atom. The molecule has 0 radical (unpaired) electrons. The van der Waals surface area contributed by atoms with Crippen LogP contribution < -0.4 is 10.6 Å². The van der Waals surface area contributed by atoms with Crippen molar-refractivity contribution >= 4 is 23.3 Å². The van der Waals surface area contributed by atoms with Crippen LogP contribution in [0.25, 0.3) is 0 Å². The van der Waals surface area contributed by atoms with Crippen LogP contribution in [0.15, 0.2) is 18.5 Å². The third kappa shape index (κ3) is 2.94.